The summed E-state index contributed by atoms with van der Waals surface area (Å²) in [6, 6.07) is -2.20. The van der Waals surface area contributed by atoms with E-state index in [-0.39, 0.29) is 19.3 Å². The number of aliphatic carboxylic acids is 2. The molecule has 1 heterocycles. The van der Waals surface area contributed by atoms with Crippen molar-refractivity contribution in [3.05, 3.63) is 18.2 Å². The van der Waals surface area contributed by atoms with Crippen molar-refractivity contribution in [3.63, 3.8) is 0 Å². The minimum atomic E-state index is -1.25. The first kappa shape index (κ1) is 22.6. The largest absolute Gasteiger partial charge is 0.481 e. The Labute approximate surface area is 159 Å². The second-order valence-electron chi connectivity index (χ2n) is 5.77. The number of carboxylic acid groups (broad SMARTS) is 2. The lowest BCUT2D eigenvalue weighted by atomic mass is 10.1. The van der Waals surface area contributed by atoms with Gasteiger partial charge in [0.05, 0.1) is 18.9 Å². The van der Waals surface area contributed by atoms with E-state index in [1.165, 1.54) is 12.5 Å². The van der Waals surface area contributed by atoms with Crippen molar-refractivity contribution in [1.82, 2.24) is 25.9 Å². The topological polar surface area (TPSA) is 217 Å². The van der Waals surface area contributed by atoms with Crippen LogP contribution in [0.1, 0.15) is 18.5 Å². The molecule has 0 aliphatic rings. The monoisotopic (exact) mass is 398 g/mol. The summed E-state index contributed by atoms with van der Waals surface area (Å²) in [6.45, 7) is -1.12. The Kier molecular flexibility index (Phi) is 9.09. The van der Waals surface area contributed by atoms with Crippen LogP contribution in [0.4, 0.5) is 0 Å². The molecule has 8 N–H and O–H groups in total. The number of hydrogen-bond acceptors (Lipinski definition) is 7. The molecule has 1 aromatic rings. The minimum absolute atomic E-state index is 0.0171. The van der Waals surface area contributed by atoms with Crippen LogP contribution in [0.25, 0.3) is 0 Å². The molecule has 1 aromatic heterocycles. The zero-order valence-electron chi connectivity index (χ0n) is 14.8. The molecule has 0 aliphatic heterocycles. The minimum Gasteiger partial charge on any atom is -0.481 e. The van der Waals surface area contributed by atoms with Crippen molar-refractivity contribution in [1.29, 1.82) is 0 Å². The second-order valence-corrected chi connectivity index (χ2v) is 5.77. The van der Waals surface area contributed by atoms with Gasteiger partial charge in [0.25, 0.3) is 0 Å². The van der Waals surface area contributed by atoms with Crippen LogP contribution in [0.2, 0.25) is 0 Å². The summed E-state index contributed by atoms with van der Waals surface area (Å²) in [6.07, 6.45) is 2.44. The SMILES string of the molecule is NC(CCC(=O)O)C(=O)NCC(=O)NC(Cc1cnc[nH]1)C(=O)NCC(=O)O. The Morgan fingerprint density at radius 2 is 1.75 bits per heavy atom. The molecule has 2 atom stereocenters. The van der Waals surface area contributed by atoms with Gasteiger partial charge in [0.2, 0.25) is 17.7 Å². The molecule has 13 nitrogen and oxygen atoms in total. The molecule has 0 aromatic carbocycles. The molecular weight excluding hydrogens is 376 g/mol. The quantitative estimate of drug-likeness (QED) is 0.190. The van der Waals surface area contributed by atoms with E-state index in [9.17, 15) is 24.0 Å². The van der Waals surface area contributed by atoms with E-state index in [4.69, 9.17) is 15.9 Å². The van der Waals surface area contributed by atoms with Gasteiger partial charge in [-0.2, -0.15) is 0 Å². The number of carbonyl (C=O) groups is 5. The number of carbonyl (C=O) groups excluding carboxylic acids is 3. The molecule has 0 bridgehead atoms. The molecule has 3 amide bonds. The molecule has 0 saturated heterocycles. The summed E-state index contributed by atoms with van der Waals surface area (Å²) in [7, 11) is 0. The predicted octanol–water partition coefficient (Wildman–Crippen LogP) is -3.05. The Morgan fingerprint density at radius 1 is 1.07 bits per heavy atom. The molecule has 154 valence electrons. The van der Waals surface area contributed by atoms with Crippen LogP contribution in [-0.2, 0) is 30.4 Å². The van der Waals surface area contributed by atoms with E-state index in [0.717, 1.165) is 0 Å². The smallest absolute Gasteiger partial charge is 0.322 e. The van der Waals surface area contributed by atoms with Crippen molar-refractivity contribution < 1.29 is 34.2 Å². The van der Waals surface area contributed by atoms with Gasteiger partial charge in [-0.1, -0.05) is 0 Å². The zero-order valence-corrected chi connectivity index (χ0v) is 14.8. The highest BCUT2D eigenvalue weighted by Gasteiger charge is 2.23. The number of nitrogens with one attached hydrogen (secondary N) is 4. The average Bonchev–Trinajstić information content (AvgIpc) is 3.14. The number of H-pyrrole nitrogens is 1. The number of imidazole rings is 1. The molecule has 0 spiro atoms. The molecule has 2 unspecified atom stereocenters. The number of carboxylic acids is 2. The van der Waals surface area contributed by atoms with E-state index >= 15 is 0 Å². The number of rotatable bonds is 12. The third kappa shape index (κ3) is 8.75. The Bertz CT molecular complexity index is 706. The molecule has 13 heteroatoms. The molecule has 28 heavy (non-hydrogen) atoms. The maximum atomic E-state index is 12.1. The maximum Gasteiger partial charge on any atom is 0.322 e. The summed E-state index contributed by atoms with van der Waals surface area (Å²) < 4.78 is 0. The van der Waals surface area contributed by atoms with Crippen LogP contribution in [0.15, 0.2) is 12.5 Å². The van der Waals surface area contributed by atoms with Gasteiger partial charge in [0, 0.05) is 24.7 Å². The Hall–Kier alpha value is -3.48. The van der Waals surface area contributed by atoms with Gasteiger partial charge in [-0.25, -0.2) is 4.98 Å². The summed E-state index contributed by atoms with van der Waals surface area (Å²) in [5.41, 5.74) is 6.05. The van der Waals surface area contributed by atoms with Gasteiger partial charge < -0.3 is 36.9 Å². The molecular formula is C15H22N6O7. The number of aromatic nitrogens is 2. The van der Waals surface area contributed by atoms with Crippen LogP contribution in [0, 0.1) is 0 Å². The maximum absolute atomic E-state index is 12.1. The number of nitrogens with zero attached hydrogens (tertiary/aromatic N) is 1. The third-order valence-corrected chi connectivity index (χ3v) is 3.47. The van der Waals surface area contributed by atoms with Gasteiger partial charge in [0.1, 0.15) is 12.6 Å². The van der Waals surface area contributed by atoms with E-state index in [1.54, 1.807) is 0 Å². The van der Waals surface area contributed by atoms with Gasteiger partial charge in [0.15, 0.2) is 0 Å². The molecule has 0 aliphatic carbocycles. The van der Waals surface area contributed by atoms with E-state index in [1.807, 2.05) is 0 Å². The molecule has 0 fully saturated rings. The zero-order chi connectivity index (χ0) is 21.1. The summed E-state index contributed by atoms with van der Waals surface area (Å²) in [4.78, 5) is 63.5. The van der Waals surface area contributed by atoms with Gasteiger partial charge >= 0.3 is 11.9 Å². The summed E-state index contributed by atoms with van der Waals surface area (Å²) in [5, 5.41) is 24.0. The van der Waals surface area contributed by atoms with E-state index in [2.05, 4.69) is 25.9 Å². The number of amides is 3. The normalized spacial score (nSPS) is 12.5. The number of hydrogen-bond donors (Lipinski definition) is 7. The highest BCUT2D eigenvalue weighted by molar-refractivity contribution is 5.92. The fraction of sp³-hybridized carbons (Fsp3) is 0.467. The van der Waals surface area contributed by atoms with Crippen LogP contribution in [0.5, 0.6) is 0 Å². The first-order valence-electron chi connectivity index (χ1n) is 8.20. The van der Waals surface area contributed by atoms with Crippen LogP contribution < -0.4 is 21.7 Å². The Balaban J connectivity index is 2.57. The fourth-order valence-electron chi connectivity index (χ4n) is 2.07. The van der Waals surface area contributed by atoms with Crippen molar-refractivity contribution in [2.24, 2.45) is 5.73 Å². The number of aromatic amines is 1. The first-order chi connectivity index (χ1) is 13.2. The van der Waals surface area contributed by atoms with Crippen LogP contribution in [-0.4, -0.2) is 75.0 Å². The van der Waals surface area contributed by atoms with Gasteiger partial charge in [-0.3, -0.25) is 24.0 Å². The number of nitrogens with two attached hydrogens (primary N) is 1. The average molecular weight is 398 g/mol. The lowest BCUT2D eigenvalue weighted by molar-refractivity contribution is -0.139. The van der Waals surface area contributed by atoms with Gasteiger partial charge in [-0.15, -0.1) is 0 Å². The van der Waals surface area contributed by atoms with Crippen molar-refractivity contribution in [3.8, 4) is 0 Å². The first-order valence-corrected chi connectivity index (χ1v) is 8.20. The fourth-order valence-corrected chi connectivity index (χ4v) is 2.07. The van der Waals surface area contributed by atoms with Gasteiger partial charge in [-0.05, 0) is 6.42 Å². The van der Waals surface area contributed by atoms with E-state index < -0.39 is 54.8 Å². The van der Waals surface area contributed by atoms with Crippen LogP contribution >= 0.6 is 0 Å². The highest BCUT2D eigenvalue weighted by atomic mass is 16.4. The van der Waals surface area contributed by atoms with E-state index in [0.29, 0.717) is 5.69 Å². The van der Waals surface area contributed by atoms with Crippen molar-refractivity contribution in [2.75, 3.05) is 13.1 Å². The molecule has 1 rings (SSSR count). The van der Waals surface area contributed by atoms with Crippen molar-refractivity contribution in [2.45, 2.75) is 31.3 Å². The summed E-state index contributed by atoms with van der Waals surface area (Å²) >= 11 is 0. The summed E-state index contributed by atoms with van der Waals surface area (Å²) in [5.74, 6) is -4.50. The molecule has 0 saturated carbocycles. The van der Waals surface area contributed by atoms with Crippen LogP contribution in [0.3, 0.4) is 0 Å². The third-order valence-electron chi connectivity index (χ3n) is 3.47. The lowest BCUT2D eigenvalue weighted by Gasteiger charge is -2.18. The standard InChI is InChI=1S/C15H22N6O7/c16-9(1-2-12(23)24)14(27)18-5-11(22)21-10(3-8-4-17-7-20-8)15(28)19-6-13(25)26/h4,7,9-10H,1-3,5-6,16H2,(H,17,20)(H,18,27)(H,19,28)(H,21,22)(H,23,24)(H,25,26). The molecule has 0 radical (unpaired) electrons. The predicted molar refractivity (Wildman–Crippen MR) is 92.7 cm³/mol. The van der Waals surface area contributed by atoms with Crippen molar-refractivity contribution >= 4 is 29.7 Å². The Morgan fingerprint density at radius 3 is 2.32 bits per heavy atom. The second kappa shape index (κ2) is 11.3. The lowest BCUT2D eigenvalue weighted by Crippen LogP contribution is -2.52. The highest BCUT2D eigenvalue weighted by Crippen LogP contribution is 1.99.